The van der Waals surface area contributed by atoms with Gasteiger partial charge in [-0.05, 0) is 24.3 Å². The highest BCUT2D eigenvalue weighted by Gasteiger charge is 2.42. The fraction of sp³-hybridized carbons (Fsp3) is 0.286. The van der Waals surface area contributed by atoms with Gasteiger partial charge in [-0.3, -0.25) is 19.3 Å². The maximum absolute atomic E-state index is 11.7. The normalized spacial score (nSPS) is 14.6. The van der Waals surface area contributed by atoms with Crippen LogP contribution in [0.2, 0.25) is 5.02 Å². The van der Waals surface area contributed by atoms with Crippen LogP contribution in [-0.2, 0) is 14.4 Å². The summed E-state index contributed by atoms with van der Waals surface area (Å²) in [4.78, 5) is 48.5. The van der Waals surface area contributed by atoms with Crippen molar-refractivity contribution in [3.05, 3.63) is 29.3 Å². The number of hydrogen-bond donors (Lipinski definition) is 1. The van der Waals surface area contributed by atoms with E-state index in [9.17, 15) is 19.2 Å². The van der Waals surface area contributed by atoms with Crippen LogP contribution in [0, 0.1) is 0 Å². The molecule has 0 unspecified atom stereocenters. The molecule has 0 atom stereocenters. The van der Waals surface area contributed by atoms with Crippen molar-refractivity contribution in [2.45, 2.75) is 4.90 Å². The van der Waals surface area contributed by atoms with Gasteiger partial charge in [0.25, 0.3) is 0 Å². The van der Waals surface area contributed by atoms with Crippen molar-refractivity contribution < 1.29 is 19.2 Å². The van der Waals surface area contributed by atoms with Gasteiger partial charge in [0.2, 0.25) is 5.91 Å². The molecule has 1 saturated heterocycles. The van der Waals surface area contributed by atoms with Crippen LogP contribution in [0.4, 0.5) is 4.79 Å². The number of nitrogens with zero attached hydrogens (tertiary/aromatic N) is 2. The van der Waals surface area contributed by atoms with E-state index in [4.69, 9.17) is 11.6 Å². The van der Waals surface area contributed by atoms with E-state index in [1.165, 1.54) is 18.8 Å². The lowest BCUT2D eigenvalue weighted by Crippen LogP contribution is -2.41. The molecule has 1 aliphatic heterocycles. The molecule has 0 spiro atoms. The Morgan fingerprint density at radius 2 is 1.83 bits per heavy atom. The van der Waals surface area contributed by atoms with Gasteiger partial charge in [0.1, 0.15) is 6.54 Å². The highest BCUT2D eigenvalue weighted by atomic mass is 35.5. The lowest BCUT2D eigenvalue weighted by molar-refractivity contribution is -0.143. The molecular weight excluding hydrogens is 342 g/mol. The van der Waals surface area contributed by atoms with Crippen LogP contribution in [0.5, 0.6) is 0 Å². The number of likely N-dealkylation sites (N-methyl/N-ethyl adjacent to an activating group) is 1. The summed E-state index contributed by atoms with van der Waals surface area (Å²) in [5, 5.41) is 3.25. The van der Waals surface area contributed by atoms with Crippen molar-refractivity contribution in [3.8, 4) is 0 Å². The second-order valence-corrected chi connectivity index (χ2v) is 6.30. The number of imide groups is 2. The molecule has 1 aliphatic rings. The fourth-order valence-corrected chi connectivity index (χ4v) is 2.74. The molecule has 1 N–H and O–H groups in total. The monoisotopic (exact) mass is 355 g/mol. The summed E-state index contributed by atoms with van der Waals surface area (Å²) in [6.07, 6.45) is 0. The van der Waals surface area contributed by atoms with Gasteiger partial charge in [-0.2, -0.15) is 0 Å². The van der Waals surface area contributed by atoms with E-state index in [-0.39, 0.29) is 0 Å². The molecule has 1 aromatic rings. The summed E-state index contributed by atoms with van der Waals surface area (Å²) >= 11 is 7.32. The Balaban J connectivity index is 1.73. The summed E-state index contributed by atoms with van der Waals surface area (Å²) < 4.78 is 0. The Morgan fingerprint density at radius 1 is 1.17 bits per heavy atom. The topological polar surface area (TPSA) is 86.8 Å². The summed E-state index contributed by atoms with van der Waals surface area (Å²) in [6, 6.07) is 6.52. The first kappa shape index (κ1) is 17.3. The fourth-order valence-electron chi connectivity index (χ4n) is 1.84. The van der Waals surface area contributed by atoms with Gasteiger partial charge < -0.3 is 5.32 Å². The smallest absolute Gasteiger partial charge is 0.334 e. The highest BCUT2D eigenvalue weighted by Crippen LogP contribution is 2.19. The van der Waals surface area contributed by atoms with Gasteiger partial charge in [-0.25, -0.2) is 9.69 Å². The Labute approximate surface area is 141 Å². The van der Waals surface area contributed by atoms with Crippen LogP contribution < -0.4 is 5.32 Å². The van der Waals surface area contributed by atoms with Gasteiger partial charge in [-0.1, -0.05) is 11.6 Å². The van der Waals surface area contributed by atoms with Gasteiger partial charge in [-0.15, -0.1) is 11.8 Å². The van der Waals surface area contributed by atoms with Crippen LogP contribution >= 0.6 is 23.4 Å². The number of thioether (sulfide) groups is 1. The third-order valence-corrected chi connectivity index (χ3v) is 4.32. The van der Waals surface area contributed by atoms with Crippen molar-refractivity contribution >= 4 is 47.1 Å². The minimum atomic E-state index is -0.983. The molecule has 9 heteroatoms. The van der Waals surface area contributed by atoms with Gasteiger partial charge in [0.05, 0.1) is 0 Å². The van der Waals surface area contributed by atoms with E-state index >= 15 is 0 Å². The summed E-state index contributed by atoms with van der Waals surface area (Å²) in [6.45, 7) is -0.0918. The second-order valence-electron chi connectivity index (χ2n) is 4.69. The van der Waals surface area contributed by atoms with Gasteiger partial charge >= 0.3 is 17.8 Å². The van der Waals surface area contributed by atoms with Crippen molar-refractivity contribution in [1.29, 1.82) is 0 Å². The number of benzene rings is 1. The molecule has 0 saturated carbocycles. The Hall–Kier alpha value is -2.06. The SMILES string of the molecule is CN1C(=O)C(=O)N(CC(=O)NCCSc2ccc(Cl)cc2)C1=O. The molecule has 0 aromatic heterocycles. The molecule has 5 amide bonds. The van der Waals surface area contributed by atoms with E-state index in [2.05, 4.69) is 5.32 Å². The second kappa shape index (κ2) is 7.47. The van der Waals surface area contributed by atoms with Crippen molar-refractivity contribution in [1.82, 2.24) is 15.1 Å². The molecule has 0 bridgehead atoms. The maximum Gasteiger partial charge on any atom is 0.334 e. The number of nitrogens with one attached hydrogen (secondary N) is 1. The lowest BCUT2D eigenvalue weighted by Gasteiger charge is -2.12. The molecule has 1 fully saturated rings. The van der Waals surface area contributed by atoms with Gasteiger partial charge in [0.15, 0.2) is 0 Å². The molecule has 7 nitrogen and oxygen atoms in total. The standard InChI is InChI=1S/C14H14ClN3O4S/c1-17-12(20)13(21)18(14(17)22)8-11(19)16-6-7-23-10-4-2-9(15)3-5-10/h2-5H,6-8H2,1H3,(H,16,19). The highest BCUT2D eigenvalue weighted by molar-refractivity contribution is 7.99. The summed E-state index contributed by atoms with van der Waals surface area (Å²) in [7, 11) is 1.20. The van der Waals surface area contributed by atoms with Crippen LogP contribution in [-0.4, -0.2) is 59.4 Å². The van der Waals surface area contributed by atoms with E-state index < -0.39 is 30.3 Å². The predicted octanol–water partition coefficient (Wildman–Crippen LogP) is 0.969. The molecule has 122 valence electrons. The lowest BCUT2D eigenvalue weighted by atomic mass is 10.4. The number of urea groups is 1. The Morgan fingerprint density at radius 3 is 2.39 bits per heavy atom. The van der Waals surface area contributed by atoms with Crippen molar-refractivity contribution in [2.24, 2.45) is 0 Å². The average Bonchev–Trinajstić information content (AvgIpc) is 2.71. The number of hydrogen-bond acceptors (Lipinski definition) is 5. The average molecular weight is 356 g/mol. The third kappa shape index (κ3) is 4.23. The van der Waals surface area contributed by atoms with Crippen LogP contribution in [0.3, 0.4) is 0 Å². The van der Waals surface area contributed by atoms with Crippen molar-refractivity contribution in [3.63, 3.8) is 0 Å². The van der Waals surface area contributed by atoms with Gasteiger partial charge in [0, 0.05) is 29.3 Å². The van der Waals surface area contributed by atoms with Crippen molar-refractivity contribution in [2.75, 3.05) is 25.9 Å². The molecule has 1 heterocycles. The largest absolute Gasteiger partial charge is 0.354 e. The summed E-state index contributed by atoms with van der Waals surface area (Å²) in [5.41, 5.74) is 0. The molecule has 0 aliphatic carbocycles. The maximum atomic E-state index is 11.7. The number of amides is 5. The van der Waals surface area contributed by atoms with E-state index in [1.54, 1.807) is 12.1 Å². The predicted molar refractivity (Wildman–Crippen MR) is 85.1 cm³/mol. The van der Waals surface area contributed by atoms with Crippen LogP contribution in [0.15, 0.2) is 29.2 Å². The number of carbonyl (C=O) groups excluding carboxylic acids is 4. The molecule has 23 heavy (non-hydrogen) atoms. The molecule has 0 radical (unpaired) electrons. The first-order valence-corrected chi connectivity index (χ1v) is 8.05. The zero-order valence-corrected chi connectivity index (χ0v) is 13.8. The zero-order chi connectivity index (χ0) is 17.0. The Bertz CT molecular complexity index is 650. The Kier molecular flexibility index (Phi) is 5.62. The molecule has 1 aromatic carbocycles. The summed E-state index contributed by atoms with van der Waals surface area (Å²) in [5.74, 6) is -1.79. The quantitative estimate of drug-likeness (QED) is 0.355. The first-order valence-electron chi connectivity index (χ1n) is 6.68. The zero-order valence-electron chi connectivity index (χ0n) is 12.2. The molecular formula is C14H14ClN3O4S. The van der Waals surface area contributed by atoms with Crippen LogP contribution in [0.25, 0.3) is 0 Å². The van der Waals surface area contributed by atoms with E-state index in [0.717, 1.165) is 4.90 Å². The first-order chi connectivity index (χ1) is 10.9. The number of carbonyl (C=O) groups is 4. The minimum Gasteiger partial charge on any atom is -0.354 e. The minimum absolute atomic E-state index is 0.367. The van der Waals surface area contributed by atoms with E-state index in [1.807, 2.05) is 12.1 Å². The third-order valence-electron chi connectivity index (χ3n) is 3.06. The number of rotatable bonds is 6. The van der Waals surface area contributed by atoms with Crippen LogP contribution in [0.1, 0.15) is 0 Å². The molecule has 2 rings (SSSR count). The van der Waals surface area contributed by atoms with E-state index in [0.29, 0.717) is 27.1 Å². The number of halogens is 1.